The van der Waals surface area contributed by atoms with Crippen molar-refractivity contribution in [3.05, 3.63) is 86.2 Å². The third-order valence-electron chi connectivity index (χ3n) is 4.79. The van der Waals surface area contributed by atoms with E-state index in [0.717, 1.165) is 22.5 Å². The predicted molar refractivity (Wildman–Crippen MR) is 112 cm³/mol. The number of carbonyl (C=O) groups is 1. The largest absolute Gasteiger partial charge is 0.478 e. The highest BCUT2D eigenvalue weighted by atomic mass is 35.5. The Balaban J connectivity index is 1.76. The third-order valence-corrected chi connectivity index (χ3v) is 5.53. The number of hydrogen-bond donors (Lipinski definition) is 3. The number of carboxylic acids is 1. The van der Waals surface area contributed by atoms with Gasteiger partial charge in [-0.25, -0.2) is 4.79 Å². The Hall–Kier alpha value is -2.38. The number of nitrogens with one attached hydrogen (secondary N) is 1. The van der Waals surface area contributed by atoms with Crippen LogP contribution in [0.5, 0.6) is 0 Å². The van der Waals surface area contributed by atoms with Crippen molar-refractivity contribution in [1.29, 1.82) is 0 Å². The molecule has 8 heteroatoms. The van der Waals surface area contributed by atoms with E-state index in [0.29, 0.717) is 28.6 Å². The van der Waals surface area contributed by atoms with Gasteiger partial charge in [-0.3, -0.25) is 10.00 Å². The first-order valence-corrected chi connectivity index (χ1v) is 9.72. The molecular formula is C21H21Cl2N3O3. The van der Waals surface area contributed by atoms with Crippen LogP contribution in [0.25, 0.3) is 0 Å². The molecule has 0 fully saturated rings. The third kappa shape index (κ3) is 4.97. The van der Waals surface area contributed by atoms with E-state index < -0.39 is 12.2 Å². The molecule has 0 amide bonds. The van der Waals surface area contributed by atoms with Gasteiger partial charge in [0.15, 0.2) is 0 Å². The molecule has 0 aliphatic heterocycles. The zero-order valence-electron chi connectivity index (χ0n) is 16.0. The quantitative estimate of drug-likeness (QED) is 0.488. The number of benzene rings is 2. The summed E-state index contributed by atoms with van der Waals surface area (Å²) >= 11 is 12.1. The molecule has 29 heavy (non-hydrogen) atoms. The van der Waals surface area contributed by atoms with Crippen molar-refractivity contribution in [2.24, 2.45) is 7.05 Å². The van der Waals surface area contributed by atoms with Gasteiger partial charge in [-0.15, -0.1) is 0 Å². The lowest BCUT2D eigenvalue weighted by molar-refractivity contribution is 0.0696. The summed E-state index contributed by atoms with van der Waals surface area (Å²) in [6, 6.07) is 11.9. The van der Waals surface area contributed by atoms with E-state index in [9.17, 15) is 9.90 Å². The molecule has 0 bridgehead atoms. The number of aromatic nitrogens is 2. The van der Waals surface area contributed by atoms with Crippen LogP contribution in [0.1, 0.15) is 44.7 Å². The minimum absolute atomic E-state index is 0.223. The fraction of sp³-hybridized carbons (Fsp3) is 0.238. The molecule has 0 spiro atoms. The van der Waals surface area contributed by atoms with Gasteiger partial charge in [-0.1, -0.05) is 41.4 Å². The van der Waals surface area contributed by atoms with Crippen LogP contribution in [-0.4, -0.2) is 26.0 Å². The van der Waals surface area contributed by atoms with E-state index in [2.05, 4.69) is 10.4 Å². The van der Waals surface area contributed by atoms with Crippen LogP contribution < -0.4 is 5.32 Å². The second kappa shape index (κ2) is 8.97. The first-order chi connectivity index (χ1) is 13.8. The number of aliphatic hydroxyl groups excluding tert-OH is 1. The normalized spacial score (nSPS) is 12.2. The van der Waals surface area contributed by atoms with E-state index in [1.165, 1.54) is 12.1 Å². The smallest absolute Gasteiger partial charge is 0.335 e. The second-order valence-corrected chi connectivity index (χ2v) is 7.59. The molecule has 1 atom stereocenters. The Morgan fingerprint density at radius 3 is 2.41 bits per heavy atom. The molecule has 0 aliphatic carbocycles. The van der Waals surface area contributed by atoms with Gasteiger partial charge in [0.25, 0.3) is 0 Å². The summed E-state index contributed by atoms with van der Waals surface area (Å²) in [5, 5.41) is 28.3. The summed E-state index contributed by atoms with van der Waals surface area (Å²) in [5.74, 6) is -0.970. The van der Waals surface area contributed by atoms with Gasteiger partial charge in [0.2, 0.25) is 0 Å². The molecule has 0 radical (unpaired) electrons. The highest BCUT2D eigenvalue weighted by molar-refractivity contribution is 6.42. The predicted octanol–water partition coefficient (Wildman–Crippen LogP) is 4.11. The molecule has 0 aliphatic rings. The SMILES string of the molecule is Cc1c(C(O)NCc2ccc(C(=O)O)cc2)c(Cc2ccc(Cl)c(Cl)c2)nn1C. The Bertz CT molecular complexity index is 1030. The lowest BCUT2D eigenvalue weighted by Gasteiger charge is -2.15. The summed E-state index contributed by atoms with van der Waals surface area (Å²) in [6.07, 6.45) is -0.430. The number of aryl methyl sites for hydroxylation is 1. The average molecular weight is 434 g/mol. The summed E-state index contributed by atoms with van der Waals surface area (Å²) in [6.45, 7) is 2.27. The molecule has 6 nitrogen and oxygen atoms in total. The Morgan fingerprint density at radius 1 is 1.14 bits per heavy atom. The van der Waals surface area contributed by atoms with Crippen LogP contribution in [0, 0.1) is 6.92 Å². The van der Waals surface area contributed by atoms with Crippen molar-refractivity contribution in [2.75, 3.05) is 0 Å². The van der Waals surface area contributed by atoms with Crippen LogP contribution in [0.15, 0.2) is 42.5 Å². The number of hydrogen-bond acceptors (Lipinski definition) is 4. The number of rotatable bonds is 7. The number of carboxylic acid groups (broad SMARTS) is 1. The van der Waals surface area contributed by atoms with Crippen LogP contribution in [0.4, 0.5) is 0 Å². The van der Waals surface area contributed by atoms with Crippen LogP contribution >= 0.6 is 23.2 Å². The van der Waals surface area contributed by atoms with Gasteiger partial charge in [0, 0.05) is 31.3 Å². The van der Waals surface area contributed by atoms with Gasteiger partial charge in [0.1, 0.15) is 6.23 Å². The molecule has 1 aromatic heterocycles. The molecule has 0 saturated heterocycles. The maximum absolute atomic E-state index is 10.9. The monoisotopic (exact) mass is 433 g/mol. The first kappa shape index (κ1) is 21.3. The average Bonchev–Trinajstić information content (AvgIpc) is 2.96. The van der Waals surface area contributed by atoms with Crippen molar-refractivity contribution in [1.82, 2.24) is 15.1 Å². The van der Waals surface area contributed by atoms with Gasteiger partial charge in [-0.05, 0) is 42.3 Å². The lowest BCUT2D eigenvalue weighted by Crippen LogP contribution is -2.22. The van der Waals surface area contributed by atoms with Gasteiger partial charge in [0.05, 0.1) is 21.3 Å². The molecular weight excluding hydrogens is 413 g/mol. The van der Waals surface area contributed by atoms with E-state index >= 15 is 0 Å². The van der Waals surface area contributed by atoms with Crippen LogP contribution in [0.3, 0.4) is 0 Å². The summed E-state index contributed by atoms with van der Waals surface area (Å²) in [7, 11) is 1.83. The second-order valence-electron chi connectivity index (χ2n) is 6.78. The number of halogens is 2. The number of aromatic carboxylic acids is 1. The lowest BCUT2D eigenvalue weighted by atomic mass is 10.0. The van der Waals surface area contributed by atoms with Crippen molar-refractivity contribution >= 4 is 29.2 Å². The zero-order valence-corrected chi connectivity index (χ0v) is 17.5. The molecule has 2 aromatic carbocycles. The minimum atomic E-state index is -0.970. The Morgan fingerprint density at radius 2 is 1.79 bits per heavy atom. The van der Waals surface area contributed by atoms with Crippen LogP contribution in [0.2, 0.25) is 10.0 Å². The molecule has 1 unspecified atom stereocenters. The van der Waals surface area contributed by atoms with Gasteiger partial charge < -0.3 is 10.2 Å². The van der Waals surface area contributed by atoms with Crippen molar-refractivity contribution in [3.8, 4) is 0 Å². The topological polar surface area (TPSA) is 87.4 Å². The van der Waals surface area contributed by atoms with E-state index in [-0.39, 0.29) is 5.56 Å². The van der Waals surface area contributed by atoms with E-state index in [1.807, 2.05) is 20.0 Å². The maximum Gasteiger partial charge on any atom is 0.335 e. The first-order valence-electron chi connectivity index (χ1n) is 8.96. The maximum atomic E-state index is 10.9. The zero-order chi connectivity index (χ0) is 21.1. The summed E-state index contributed by atoms with van der Waals surface area (Å²) in [5.41, 5.74) is 4.32. The fourth-order valence-corrected chi connectivity index (χ4v) is 3.42. The minimum Gasteiger partial charge on any atom is -0.478 e. The highest BCUT2D eigenvalue weighted by Crippen LogP contribution is 2.27. The summed E-state index contributed by atoms with van der Waals surface area (Å²) in [4.78, 5) is 10.9. The van der Waals surface area contributed by atoms with Crippen molar-refractivity contribution < 1.29 is 15.0 Å². The van der Waals surface area contributed by atoms with Crippen molar-refractivity contribution in [3.63, 3.8) is 0 Å². The van der Waals surface area contributed by atoms with Gasteiger partial charge >= 0.3 is 5.97 Å². The summed E-state index contributed by atoms with van der Waals surface area (Å²) < 4.78 is 1.73. The molecule has 3 rings (SSSR count). The van der Waals surface area contributed by atoms with Crippen LogP contribution in [-0.2, 0) is 20.0 Å². The highest BCUT2D eigenvalue weighted by Gasteiger charge is 2.20. The van der Waals surface area contributed by atoms with E-state index in [4.69, 9.17) is 28.3 Å². The fourth-order valence-electron chi connectivity index (χ4n) is 3.10. The molecule has 0 saturated carbocycles. The molecule has 1 heterocycles. The van der Waals surface area contributed by atoms with Gasteiger partial charge in [-0.2, -0.15) is 5.10 Å². The molecule has 152 valence electrons. The number of nitrogens with zero attached hydrogens (tertiary/aromatic N) is 2. The Labute approximate surface area is 178 Å². The van der Waals surface area contributed by atoms with E-state index in [1.54, 1.807) is 28.9 Å². The Kier molecular flexibility index (Phi) is 6.59. The number of aliphatic hydroxyl groups is 1. The van der Waals surface area contributed by atoms with Crippen molar-refractivity contribution in [2.45, 2.75) is 26.1 Å². The standard InChI is InChI=1S/C21H21Cl2N3O3/c1-12-19(20(27)24-11-13-3-6-15(7-4-13)21(28)29)18(25-26(12)2)10-14-5-8-16(22)17(23)9-14/h3-9,20,24,27H,10-11H2,1-2H3,(H,28,29). The molecule has 3 aromatic rings. The molecule has 3 N–H and O–H groups in total.